The van der Waals surface area contributed by atoms with Crippen molar-refractivity contribution in [2.45, 2.75) is 6.54 Å². The minimum absolute atomic E-state index is 0.211. The standard InChI is InChI=1S/C11H11ClN4OS/c1-2-5-16(6-8-3-4-9(12)18-8)11(17)10-13-7-14-15-10/h2-4,7H,1,5-6H2,(H,13,14,15). The number of rotatable bonds is 5. The lowest BCUT2D eigenvalue weighted by atomic mass is 10.3. The van der Waals surface area contributed by atoms with Crippen LogP contribution in [0.15, 0.2) is 31.1 Å². The van der Waals surface area contributed by atoms with Crippen LogP contribution in [0.3, 0.4) is 0 Å². The highest BCUT2D eigenvalue weighted by molar-refractivity contribution is 7.16. The minimum atomic E-state index is -0.211. The van der Waals surface area contributed by atoms with Gasteiger partial charge in [0.05, 0.1) is 10.9 Å². The number of halogens is 1. The van der Waals surface area contributed by atoms with Gasteiger partial charge in [0.25, 0.3) is 5.91 Å². The quantitative estimate of drug-likeness (QED) is 0.856. The number of thiophene rings is 1. The van der Waals surface area contributed by atoms with E-state index >= 15 is 0 Å². The Bertz CT molecular complexity index is 537. The van der Waals surface area contributed by atoms with Gasteiger partial charge in [-0.2, -0.15) is 5.10 Å². The van der Waals surface area contributed by atoms with Gasteiger partial charge in [-0.25, -0.2) is 4.98 Å². The molecule has 1 amide bonds. The molecule has 0 aliphatic rings. The van der Waals surface area contributed by atoms with Gasteiger partial charge in [-0.3, -0.25) is 9.89 Å². The summed E-state index contributed by atoms with van der Waals surface area (Å²) in [6.45, 7) is 4.56. The van der Waals surface area contributed by atoms with E-state index in [0.29, 0.717) is 17.4 Å². The Morgan fingerprint density at radius 2 is 2.44 bits per heavy atom. The molecule has 0 aliphatic carbocycles. The van der Waals surface area contributed by atoms with E-state index in [2.05, 4.69) is 21.8 Å². The Balaban J connectivity index is 2.13. The summed E-state index contributed by atoms with van der Waals surface area (Å²) in [5.74, 6) is 0.0106. The van der Waals surface area contributed by atoms with E-state index in [9.17, 15) is 4.79 Å². The highest BCUT2D eigenvalue weighted by Crippen LogP contribution is 2.23. The Labute approximate surface area is 113 Å². The van der Waals surface area contributed by atoms with Gasteiger partial charge in [-0.1, -0.05) is 17.7 Å². The zero-order valence-corrected chi connectivity index (χ0v) is 11.0. The molecule has 18 heavy (non-hydrogen) atoms. The number of nitrogens with one attached hydrogen (secondary N) is 1. The molecule has 0 aliphatic heterocycles. The van der Waals surface area contributed by atoms with Crippen LogP contribution in [0.5, 0.6) is 0 Å². The number of H-pyrrole nitrogens is 1. The van der Waals surface area contributed by atoms with Crippen molar-refractivity contribution in [1.82, 2.24) is 20.1 Å². The summed E-state index contributed by atoms with van der Waals surface area (Å²) >= 11 is 7.31. The number of hydrogen-bond acceptors (Lipinski definition) is 4. The minimum Gasteiger partial charge on any atom is -0.327 e. The molecule has 0 fully saturated rings. The molecule has 2 aromatic rings. The molecule has 0 radical (unpaired) electrons. The van der Waals surface area contributed by atoms with Crippen LogP contribution in [0.25, 0.3) is 0 Å². The number of hydrogen-bond donors (Lipinski definition) is 1. The summed E-state index contributed by atoms with van der Waals surface area (Å²) in [7, 11) is 0. The average molecular weight is 283 g/mol. The smallest absolute Gasteiger partial charge is 0.291 e. The van der Waals surface area contributed by atoms with E-state index in [0.717, 1.165) is 4.88 Å². The number of aromatic nitrogens is 3. The molecular weight excluding hydrogens is 272 g/mol. The summed E-state index contributed by atoms with van der Waals surface area (Å²) < 4.78 is 0.704. The second-order valence-corrected chi connectivity index (χ2v) is 5.31. The van der Waals surface area contributed by atoms with E-state index in [1.807, 2.05) is 12.1 Å². The summed E-state index contributed by atoms with van der Waals surface area (Å²) in [6.07, 6.45) is 2.98. The van der Waals surface area contributed by atoms with Gasteiger partial charge in [-0.05, 0) is 12.1 Å². The van der Waals surface area contributed by atoms with Gasteiger partial charge in [0.2, 0.25) is 5.82 Å². The maximum Gasteiger partial charge on any atom is 0.291 e. The summed E-state index contributed by atoms with van der Waals surface area (Å²) in [5.41, 5.74) is 0. The maximum absolute atomic E-state index is 12.1. The van der Waals surface area contributed by atoms with Crippen molar-refractivity contribution < 1.29 is 4.79 Å². The van der Waals surface area contributed by atoms with Gasteiger partial charge in [0.1, 0.15) is 6.33 Å². The van der Waals surface area contributed by atoms with Crippen LogP contribution in [0.1, 0.15) is 15.5 Å². The first-order chi connectivity index (χ1) is 8.70. The lowest BCUT2D eigenvalue weighted by Crippen LogP contribution is -2.31. The zero-order valence-electron chi connectivity index (χ0n) is 9.47. The van der Waals surface area contributed by atoms with Crippen molar-refractivity contribution in [3.05, 3.63) is 46.2 Å². The lowest BCUT2D eigenvalue weighted by Gasteiger charge is -2.18. The third-order valence-electron chi connectivity index (χ3n) is 2.23. The molecule has 7 heteroatoms. The fourth-order valence-corrected chi connectivity index (χ4v) is 2.56. The van der Waals surface area contributed by atoms with Gasteiger partial charge in [-0.15, -0.1) is 17.9 Å². The first-order valence-corrected chi connectivity index (χ1v) is 6.40. The SMILES string of the molecule is C=CCN(Cc1ccc(Cl)s1)C(=O)c1ncn[nH]1. The first-order valence-electron chi connectivity index (χ1n) is 5.20. The van der Waals surface area contributed by atoms with Crippen LogP contribution in [0.4, 0.5) is 0 Å². The second-order valence-electron chi connectivity index (χ2n) is 3.51. The molecule has 94 valence electrons. The normalized spacial score (nSPS) is 10.3. The van der Waals surface area contributed by atoms with E-state index in [1.165, 1.54) is 17.7 Å². The largest absolute Gasteiger partial charge is 0.327 e. The molecule has 0 unspecified atom stereocenters. The number of carbonyl (C=O) groups excluding carboxylic acids is 1. The van der Waals surface area contributed by atoms with Crippen LogP contribution >= 0.6 is 22.9 Å². The Morgan fingerprint density at radius 3 is 3.00 bits per heavy atom. The molecule has 0 spiro atoms. The maximum atomic E-state index is 12.1. The van der Waals surface area contributed by atoms with Crippen LogP contribution in [0, 0.1) is 0 Å². The number of nitrogens with zero attached hydrogens (tertiary/aromatic N) is 3. The predicted octanol–water partition coefficient (Wildman–Crippen LogP) is 2.35. The number of carbonyl (C=O) groups is 1. The molecule has 1 N–H and O–H groups in total. The van der Waals surface area contributed by atoms with Crippen molar-refractivity contribution >= 4 is 28.8 Å². The van der Waals surface area contributed by atoms with Crippen molar-refractivity contribution in [2.75, 3.05) is 6.54 Å². The van der Waals surface area contributed by atoms with Crippen LogP contribution in [-0.2, 0) is 6.54 Å². The summed E-state index contributed by atoms with van der Waals surface area (Å²) in [4.78, 5) is 18.6. The zero-order chi connectivity index (χ0) is 13.0. The molecule has 5 nitrogen and oxygen atoms in total. The second kappa shape index (κ2) is 5.79. The average Bonchev–Trinajstić information content (AvgIpc) is 2.99. The Hall–Kier alpha value is -1.66. The van der Waals surface area contributed by atoms with Crippen molar-refractivity contribution in [3.8, 4) is 0 Å². The molecule has 2 aromatic heterocycles. The van der Waals surface area contributed by atoms with E-state index in [1.54, 1.807) is 11.0 Å². The first kappa shape index (κ1) is 12.8. The van der Waals surface area contributed by atoms with Gasteiger partial charge >= 0.3 is 0 Å². The highest BCUT2D eigenvalue weighted by atomic mass is 35.5. The number of amides is 1. The van der Waals surface area contributed by atoms with E-state index in [4.69, 9.17) is 11.6 Å². The van der Waals surface area contributed by atoms with E-state index in [-0.39, 0.29) is 11.7 Å². The fourth-order valence-electron chi connectivity index (χ4n) is 1.46. The van der Waals surface area contributed by atoms with Crippen molar-refractivity contribution in [2.24, 2.45) is 0 Å². The van der Waals surface area contributed by atoms with Crippen LogP contribution in [-0.4, -0.2) is 32.5 Å². The molecule has 0 aromatic carbocycles. The third kappa shape index (κ3) is 2.96. The van der Waals surface area contributed by atoms with Crippen molar-refractivity contribution in [3.63, 3.8) is 0 Å². The van der Waals surface area contributed by atoms with Crippen LogP contribution in [0.2, 0.25) is 4.34 Å². The summed E-state index contributed by atoms with van der Waals surface area (Å²) in [5, 5.41) is 6.23. The summed E-state index contributed by atoms with van der Waals surface area (Å²) in [6, 6.07) is 3.71. The topological polar surface area (TPSA) is 61.9 Å². The van der Waals surface area contributed by atoms with Gasteiger partial charge < -0.3 is 4.90 Å². The lowest BCUT2D eigenvalue weighted by molar-refractivity contribution is 0.0752. The Kier molecular flexibility index (Phi) is 4.11. The molecule has 0 saturated carbocycles. The molecule has 0 saturated heterocycles. The highest BCUT2D eigenvalue weighted by Gasteiger charge is 2.18. The van der Waals surface area contributed by atoms with Gasteiger partial charge in [0, 0.05) is 11.4 Å². The number of aromatic amines is 1. The monoisotopic (exact) mass is 282 g/mol. The fraction of sp³-hybridized carbons (Fsp3) is 0.182. The molecule has 0 atom stereocenters. The van der Waals surface area contributed by atoms with Crippen molar-refractivity contribution in [1.29, 1.82) is 0 Å². The molecule has 0 bridgehead atoms. The third-order valence-corrected chi connectivity index (χ3v) is 3.45. The Morgan fingerprint density at radius 1 is 1.61 bits per heavy atom. The molecule has 2 heterocycles. The van der Waals surface area contributed by atoms with E-state index < -0.39 is 0 Å². The molecular formula is C11H11ClN4OS. The van der Waals surface area contributed by atoms with Gasteiger partial charge in [0.15, 0.2) is 0 Å². The van der Waals surface area contributed by atoms with Crippen LogP contribution < -0.4 is 0 Å². The predicted molar refractivity (Wildman–Crippen MR) is 70.6 cm³/mol. The molecule has 2 rings (SSSR count).